The van der Waals surface area contributed by atoms with Gasteiger partial charge in [-0.3, -0.25) is 4.18 Å². The Bertz CT molecular complexity index is 506. The maximum absolute atomic E-state index is 11.8. The van der Waals surface area contributed by atoms with Crippen LogP contribution < -0.4 is 0 Å². The molecule has 0 saturated carbocycles. The third-order valence-corrected chi connectivity index (χ3v) is 10.2. The van der Waals surface area contributed by atoms with Gasteiger partial charge in [0.05, 0.1) is 16.4 Å². The third-order valence-electron chi connectivity index (χ3n) is 4.79. The number of hydrogen-bond donors (Lipinski definition) is 0. The van der Waals surface area contributed by atoms with Gasteiger partial charge in [-0.05, 0) is 55.9 Å². The molecular weight excluding hydrogens is 418 g/mol. The van der Waals surface area contributed by atoms with Gasteiger partial charge in [-0.25, -0.2) is 4.21 Å². The molecule has 0 aromatic carbocycles. The van der Waals surface area contributed by atoms with E-state index in [9.17, 15) is 4.21 Å². The molecule has 1 rings (SSSR count). The molecule has 0 fully saturated rings. The second-order valence-corrected chi connectivity index (χ2v) is 11.6. The molecule has 1 aliphatic rings. The van der Waals surface area contributed by atoms with Crippen LogP contribution in [0.2, 0.25) is 0 Å². The zero-order valence-electron chi connectivity index (χ0n) is 14.2. The van der Waals surface area contributed by atoms with Crippen LogP contribution in [0.5, 0.6) is 0 Å². The summed E-state index contributed by atoms with van der Waals surface area (Å²) < 4.78 is 16.9. The van der Waals surface area contributed by atoms with E-state index in [2.05, 4.69) is 13.8 Å². The van der Waals surface area contributed by atoms with Crippen LogP contribution in [0.1, 0.15) is 41.5 Å². The van der Waals surface area contributed by atoms with E-state index >= 15 is 0 Å². The number of halogens is 4. The molecular formula is C15H24Cl4O2S2. The first-order chi connectivity index (χ1) is 10.4. The minimum absolute atomic E-state index is 0.121. The lowest BCUT2D eigenvalue weighted by Gasteiger charge is -2.47. The highest BCUT2D eigenvalue weighted by Crippen LogP contribution is 2.64. The number of rotatable bonds is 7. The van der Waals surface area contributed by atoms with Crippen molar-refractivity contribution in [2.75, 3.05) is 12.4 Å². The van der Waals surface area contributed by atoms with Gasteiger partial charge in [0.2, 0.25) is 10.1 Å². The van der Waals surface area contributed by atoms with Gasteiger partial charge in [-0.2, -0.15) is 0 Å². The molecule has 0 amide bonds. The molecule has 8 heteroatoms. The zero-order chi connectivity index (χ0) is 18.2. The Hall–Kier alpha value is 1.36. The van der Waals surface area contributed by atoms with Crippen LogP contribution in [0.3, 0.4) is 0 Å². The average molecular weight is 442 g/mol. The average Bonchev–Trinajstić information content (AvgIpc) is 2.52. The fourth-order valence-corrected chi connectivity index (χ4v) is 7.37. The SMILES string of the molecule is CCOS(=O)SCC(C(C)C)[C@@]1(Cl)C(Cl)=C(C)[C@](C)(Cl)C1(C)Cl. The predicted octanol–water partition coefficient (Wildman–Crippen LogP) is 6.11. The number of hydrogen-bond acceptors (Lipinski definition) is 3. The first-order valence-electron chi connectivity index (χ1n) is 7.48. The van der Waals surface area contributed by atoms with Crippen LogP contribution in [0.25, 0.3) is 0 Å². The van der Waals surface area contributed by atoms with Crippen LogP contribution in [-0.2, 0) is 14.3 Å². The maximum Gasteiger partial charge on any atom is 0.219 e. The van der Waals surface area contributed by atoms with Gasteiger partial charge in [0.25, 0.3) is 0 Å². The van der Waals surface area contributed by atoms with E-state index in [4.69, 9.17) is 50.6 Å². The first-order valence-corrected chi connectivity index (χ1v) is 11.6. The Balaban J connectivity index is 3.22. The molecule has 23 heavy (non-hydrogen) atoms. The Morgan fingerprint density at radius 3 is 2.13 bits per heavy atom. The van der Waals surface area contributed by atoms with E-state index in [1.54, 1.807) is 6.92 Å². The quantitative estimate of drug-likeness (QED) is 0.352. The van der Waals surface area contributed by atoms with Crippen molar-refractivity contribution in [3.05, 3.63) is 10.6 Å². The highest BCUT2D eigenvalue weighted by atomic mass is 35.5. The van der Waals surface area contributed by atoms with Gasteiger partial charge in [-0.15, -0.1) is 34.8 Å². The lowest BCUT2D eigenvalue weighted by atomic mass is 9.75. The fourth-order valence-electron chi connectivity index (χ4n) is 2.92. The zero-order valence-corrected chi connectivity index (χ0v) is 18.9. The predicted molar refractivity (Wildman–Crippen MR) is 106 cm³/mol. The Kier molecular flexibility index (Phi) is 7.73. The van der Waals surface area contributed by atoms with Crippen LogP contribution in [0, 0.1) is 11.8 Å². The molecule has 0 aromatic heterocycles. The van der Waals surface area contributed by atoms with Gasteiger partial charge >= 0.3 is 0 Å². The van der Waals surface area contributed by atoms with Gasteiger partial charge in [0.1, 0.15) is 4.87 Å². The summed E-state index contributed by atoms with van der Waals surface area (Å²) in [7, 11) is -0.207. The first kappa shape index (κ1) is 22.4. The van der Waals surface area contributed by atoms with Crippen LogP contribution in [0.15, 0.2) is 10.6 Å². The molecule has 0 heterocycles. The third kappa shape index (κ3) is 3.74. The molecule has 1 aliphatic carbocycles. The van der Waals surface area contributed by atoms with Crippen molar-refractivity contribution >= 4 is 67.3 Å². The Labute approximate surface area is 166 Å². The lowest BCUT2D eigenvalue weighted by Crippen LogP contribution is -2.56. The summed E-state index contributed by atoms with van der Waals surface area (Å²) in [4.78, 5) is -2.87. The van der Waals surface area contributed by atoms with E-state index in [0.29, 0.717) is 17.4 Å². The molecule has 0 radical (unpaired) electrons. The van der Waals surface area contributed by atoms with Crippen molar-refractivity contribution in [2.24, 2.45) is 11.8 Å². The Morgan fingerprint density at radius 1 is 1.26 bits per heavy atom. The van der Waals surface area contributed by atoms with Gasteiger partial charge in [-0.1, -0.05) is 25.4 Å². The molecule has 0 aliphatic heterocycles. The van der Waals surface area contributed by atoms with Crippen molar-refractivity contribution in [1.29, 1.82) is 0 Å². The summed E-state index contributed by atoms with van der Waals surface area (Å²) in [5.41, 5.74) is 0.787. The van der Waals surface area contributed by atoms with E-state index in [1.807, 2.05) is 20.8 Å². The molecule has 5 atom stereocenters. The molecule has 0 bridgehead atoms. The molecule has 2 nitrogen and oxygen atoms in total. The number of allylic oxidation sites excluding steroid dienone is 2. The highest BCUT2D eigenvalue weighted by Gasteiger charge is 2.67. The van der Waals surface area contributed by atoms with Crippen molar-refractivity contribution < 1.29 is 8.39 Å². The minimum Gasteiger partial charge on any atom is -0.282 e. The van der Waals surface area contributed by atoms with Crippen LogP contribution in [-0.4, -0.2) is 31.2 Å². The van der Waals surface area contributed by atoms with Crippen molar-refractivity contribution in [2.45, 2.75) is 56.2 Å². The number of alkyl halides is 3. The summed E-state index contributed by atoms with van der Waals surface area (Å²) in [6.45, 7) is 11.8. The van der Waals surface area contributed by atoms with Gasteiger partial charge < -0.3 is 0 Å². The fraction of sp³-hybridized carbons (Fsp3) is 0.867. The molecule has 0 aromatic rings. The summed E-state index contributed by atoms with van der Waals surface area (Å²) >= 11 is 27.2. The van der Waals surface area contributed by atoms with Crippen LogP contribution in [0.4, 0.5) is 0 Å². The standard InChI is InChI=1S/C15H24Cl4O2S2/c1-7-21-23(20)22-8-11(9(2)3)15(19)12(16)10(4)13(5,17)14(15,6)18/h9,11H,7-8H2,1-6H3/t11?,13-,14?,15+,23?/m0/s1. The van der Waals surface area contributed by atoms with E-state index in [0.717, 1.165) is 5.57 Å². The molecule has 136 valence electrons. The second-order valence-electron chi connectivity index (χ2n) is 6.40. The molecule has 3 unspecified atom stereocenters. The van der Waals surface area contributed by atoms with Crippen LogP contribution >= 0.6 is 57.2 Å². The van der Waals surface area contributed by atoms with Crippen molar-refractivity contribution in [3.63, 3.8) is 0 Å². The maximum atomic E-state index is 11.8. The Morgan fingerprint density at radius 2 is 1.78 bits per heavy atom. The molecule has 0 saturated heterocycles. The van der Waals surface area contributed by atoms with E-state index in [-0.39, 0.29) is 11.8 Å². The second kappa shape index (κ2) is 7.94. The smallest absolute Gasteiger partial charge is 0.219 e. The van der Waals surface area contributed by atoms with Gasteiger partial charge in [0, 0.05) is 10.8 Å². The topological polar surface area (TPSA) is 26.3 Å². The monoisotopic (exact) mass is 440 g/mol. The van der Waals surface area contributed by atoms with E-state index < -0.39 is 24.7 Å². The van der Waals surface area contributed by atoms with E-state index in [1.165, 1.54) is 10.8 Å². The van der Waals surface area contributed by atoms with Crippen molar-refractivity contribution in [3.8, 4) is 0 Å². The molecule has 0 N–H and O–H groups in total. The minimum atomic E-state index is -1.42. The summed E-state index contributed by atoms with van der Waals surface area (Å²) in [5, 5.41) is 0.496. The van der Waals surface area contributed by atoms with Crippen molar-refractivity contribution in [1.82, 2.24) is 0 Å². The largest absolute Gasteiger partial charge is 0.282 e. The lowest BCUT2D eigenvalue weighted by molar-refractivity contribution is 0.293. The summed E-state index contributed by atoms with van der Waals surface area (Å²) in [6, 6.07) is 0. The molecule has 0 spiro atoms. The van der Waals surface area contributed by atoms with Gasteiger partial charge in [0.15, 0.2) is 0 Å². The highest BCUT2D eigenvalue weighted by molar-refractivity contribution is 8.67. The summed E-state index contributed by atoms with van der Waals surface area (Å²) in [6.07, 6.45) is 0. The normalized spacial score (nSPS) is 37.5. The summed E-state index contributed by atoms with van der Waals surface area (Å²) in [5.74, 6) is 0.556.